The number of hydrogen-bond donors (Lipinski definition) is 2. The van der Waals surface area contributed by atoms with Crippen molar-refractivity contribution < 1.29 is 15.0 Å². The molecule has 0 heterocycles. The van der Waals surface area contributed by atoms with Crippen molar-refractivity contribution in [1.29, 1.82) is 0 Å². The molecule has 0 amide bonds. The van der Waals surface area contributed by atoms with Crippen LogP contribution in [0.5, 0.6) is 0 Å². The van der Waals surface area contributed by atoms with Gasteiger partial charge in [0.25, 0.3) is 0 Å². The van der Waals surface area contributed by atoms with E-state index in [-0.39, 0.29) is 35.7 Å². The topological polar surface area (TPSA) is 57.5 Å². The van der Waals surface area contributed by atoms with Crippen LogP contribution in [0.25, 0.3) is 0 Å². The summed E-state index contributed by atoms with van der Waals surface area (Å²) in [6.07, 6.45) is 14.2. The summed E-state index contributed by atoms with van der Waals surface area (Å²) in [5.41, 5.74) is 0. The van der Waals surface area contributed by atoms with Gasteiger partial charge in [0, 0.05) is 36.0 Å². The Labute approximate surface area is 158 Å². The molecule has 1 aliphatic carbocycles. The average Bonchev–Trinajstić information content (AvgIpc) is 2.79. The summed E-state index contributed by atoms with van der Waals surface area (Å²) in [6, 6.07) is 0. The summed E-state index contributed by atoms with van der Waals surface area (Å²) in [5.74, 6) is 0.551. The van der Waals surface area contributed by atoms with Crippen molar-refractivity contribution >= 4 is 35.5 Å². The average molecular weight is 321 g/mol. The maximum Gasteiger partial charge on any atom is 0.303 e. The van der Waals surface area contributed by atoms with Crippen LogP contribution < -0.4 is 0 Å². The van der Waals surface area contributed by atoms with Gasteiger partial charge in [-0.05, 0) is 37.5 Å². The van der Waals surface area contributed by atoms with Crippen LogP contribution in [-0.4, -0.2) is 51.8 Å². The van der Waals surface area contributed by atoms with Crippen molar-refractivity contribution in [2.24, 2.45) is 11.8 Å². The zero-order valence-corrected chi connectivity index (χ0v) is 16.7. The summed E-state index contributed by atoms with van der Waals surface area (Å²) in [5, 5.41) is 18.8. The Hall–Kier alpha value is 0.430. The van der Waals surface area contributed by atoms with E-state index in [4.69, 9.17) is 5.11 Å². The van der Waals surface area contributed by atoms with E-state index in [9.17, 15) is 9.90 Å². The van der Waals surface area contributed by atoms with E-state index in [1.54, 1.807) is 0 Å². The smallest absolute Gasteiger partial charge is 0.303 e. The van der Waals surface area contributed by atoms with Crippen LogP contribution in [0.1, 0.15) is 90.4 Å². The fourth-order valence-electron chi connectivity index (χ4n) is 3.76. The Morgan fingerprint density at radius 1 is 0.955 bits per heavy atom. The minimum Gasteiger partial charge on any atom is -0.481 e. The molecule has 0 saturated heterocycles. The van der Waals surface area contributed by atoms with Crippen LogP contribution in [0.15, 0.2) is 0 Å². The minimum absolute atomic E-state index is 0. The van der Waals surface area contributed by atoms with E-state index in [0.29, 0.717) is 12.3 Å². The molecule has 3 atom stereocenters. The van der Waals surface area contributed by atoms with Crippen molar-refractivity contribution in [3.63, 3.8) is 0 Å². The fourth-order valence-corrected chi connectivity index (χ4v) is 3.76. The monoisotopic (exact) mass is 321 g/mol. The minimum atomic E-state index is -0.687. The number of aliphatic hydroxyl groups excluding tert-OH is 1. The van der Waals surface area contributed by atoms with Gasteiger partial charge < -0.3 is 10.2 Å². The SMILES string of the molecule is CCCCCC[C@H]1CCC(O)[C@@H]1CCCCCCC(=O)O.[Na]. The molecule has 0 aromatic heterocycles. The second kappa shape index (κ2) is 13.8. The summed E-state index contributed by atoms with van der Waals surface area (Å²) >= 11 is 0. The number of carboxylic acid groups (broad SMARTS) is 1. The number of carbonyl (C=O) groups is 1. The van der Waals surface area contributed by atoms with Crippen molar-refractivity contribution in [1.82, 2.24) is 0 Å². The van der Waals surface area contributed by atoms with Crippen LogP contribution in [0, 0.1) is 11.8 Å². The van der Waals surface area contributed by atoms with Crippen LogP contribution in [-0.2, 0) is 4.79 Å². The second-order valence-corrected chi connectivity index (χ2v) is 6.76. The Balaban J connectivity index is 0.00000441. The summed E-state index contributed by atoms with van der Waals surface area (Å²) in [4.78, 5) is 10.4. The van der Waals surface area contributed by atoms with E-state index in [0.717, 1.165) is 44.4 Å². The maximum absolute atomic E-state index is 10.4. The number of carboxylic acids is 1. The van der Waals surface area contributed by atoms with Gasteiger partial charge in [0.2, 0.25) is 0 Å². The normalized spacial score (nSPS) is 24.2. The molecule has 2 N–H and O–H groups in total. The Kier molecular flexibility index (Phi) is 14.1. The van der Waals surface area contributed by atoms with Crippen molar-refractivity contribution in [3.8, 4) is 0 Å². The molecule has 22 heavy (non-hydrogen) atoms. The molecular formula is C18H34NaO3. The van der Waals surface area contributed by atoms with E-state index >= 15 is 0 Å². The van der Waals surface area contributed by atoms with Crippen molar-refractivity contribution in [2.75, 3.05) is 0 Å². The molecule has 0 spiro atoms. The molecule has 1 aliphatic rings. The molecule has 3 nitrogen and oxygen atoms in total. The third-order valence-electron chi connectivity index (χ3n) is 5.04. The zero-order valence-electron chi connectivity index (χ0n) is 14.7. The third kappa shape index (κ3) is 9.54. The standard InChI is InChI=1S/C18H34O3.Na/c1-2-3-4-7-10-15-13-14-17(19)16(15)11-8-5-6-9-12-18(20)21;/h15-17,19H,2-14H2,1H3,(H,20,21);/t15-,16+,17?;/m0./s1. The van der Waals surface area contributed by atoms with E-state index < -0.39 is 5.97 Å². The Bertz CT molecular complexity index is 284. The molecular weight excluding hydrogens is 287 g/mol. The van der Waals surface area contributed by atoms with E-state index in [1.165, 1.54) is 38.5 Å². The molecule has 0 bridgehead atoms. The number of hydrogen-bond acceptors (Lipinski definition) is 2. The number of aliphatic carboxylic acids is 1. The molecule has 1 rings (SSSR count). The van der Waals surface area contributed by atoms with E-state index in [2.05, 4.69) is 6.92 Å². The molecule has 4 heteroatoms. The van der Waals surface area contributed by atoms with Gasteiger partial charge in [-0.2, -0.15) is 0 Å². The van der Waals surface area contributed by atoms with Gasteiger partial charge in [0.05, 0.1) is 6.10 Å². The van der Waals surface area contributed by atoms with Crippen LogP contribution in [0.4, 0.5) is 0 Å². The van der Waals surface area contributed by atoms with Crippen molar-refractivity contribution in [2.45, 2.75) is 96.5 Å². The number of unbranched alkanes of at least 4 members (excludes halogenated alkanes) is 6. The predicted octanol–water partition coefficient (Wildman–Crippen LogP) is 4.39. The van der Waals surface area contributed by atoms with Crippen LogP contribution >= 0.6 is 0 Å². The third-order valence-corrected chi connectivity index (χ3v) is 5.04. The van der Waals surface area contributed by atoms with E-state index in [1.807, 2.05) is 0 Å². The van der Waals surface area contributed by atoms with Gasteiger partial charge in [-0.3, -0.25) is 4.79 Å². The summed E-state index contributed by atoms with van der Waals surface area (Å²) in [7, 11) is 0. The maximum atomic E-state index is 10.4. The van der Waals surface area contributed by atoms with Gasteiger partial charge in [-0.25, -0.2) is 0 Å². The van der Waals surface area contributed by atoms with Gasteiger partial charge in [0.1, 0.15) is 0 Å². The Morgan fingerprint density at radius 3 is 2.27 bits per heavy atom. The fraction of sp³-hybridized carbons (Fsp3) is 0.944. The predicted molar refractivity (Wildman–Crippen MR) is 92.1 cm³/mol. The number of aliphatic hydroxyl groups is 1. The molecule has 0 aliphatic heterocycles. The van der Waals surface area contributed by atoms with Gasteiger partial charge in [0.15, 0.2) is 0 Å². The summed E-state index contributed by atoms with van der Waals surface area (Å²) < 4.78 is 0. The first-order valence-corrected chi connectivity index (χ1v) is 9.05. The molecule has 0 aromatic rings. The molecule has 125 valence electrons. The molecule has 1 radical (unpaired) electrons. The molecule has 1 unspecified atom stereocenters. The first-order chi connectivity index (χ1) is 10.1. The number of rotatable bonds is 12. The summed E-state index contributed by atoms with van der Waals surface area (Å²) in [6.45, 7) is 2.24. The first kappa shape index (κ1) is 22.4. The van der Waals surface area contributed by atoms with Gasteiger partial charge in [-0.1, -0.05) is 58.3 Å². The van der Waals surface area contributed by atoms with Crippen molar-refractivity contribution in [3.05, 3.63) is 0 Å². The van der Waals surface area contributed by atoms with Gasteiger partial charge in [-0.15, -0.1) is 0 Å². The Morgan fingerprint density at radius 2 is 1.59 bits per heavy atom. The second-order valence-electron chi connectivity index (χ2n) is 6.76. The van der Waals surface area contributed by atoms with Crippen LogP contribution in [0.3, 0.4) is 0 Å². The van der Waals surface area contributed by atoms with Gasteiger partial charge >= 0.3 is 5.97 Å². The molecule has 1 saturated carbocycles. The molecule has 1 fully saturated rings. The van der Waals surface area contributed by atoms with Crippen LogP contribution in [0.2, 0.25) is 0 Å². The molecule has 0 aromatic carbocycles. The largest absolute Gasteiger partial charge is 0.481 e. The quantitative estimate of drug-likeness (QED) is 0.414. The zero-order chi connectivity index (χ0) is 15.5. The first-order valence-electron chi connectivity index (χ1n) is 9.05.